The minimum Gasteiger partial charge on any atom is -1.00 e. The van der Waals surface area contributed by atoms with Crippen LogP contribution in [-0.2, 0) is 23.2 Å². The number of thiophene rings is 2. The van der Waals surface area contributed by atoms with Crippen molar-refractivity contribution >= 4 is 34.8 Å². The largest absolute Gasteiger partial charge is 1.00 e. The van der Waals surface area contributed by atoms with Crippen LogP contribution in [0.3, 0.4) is 0 Å². The van der Waals surface area contributed by atoms with Crippen molar-refractivity contribution in [2.45, 2.75) is 65.2 Å². The normalized spacial score (nSPS) is 15.8. The Hall–Kier alpha value is -2.78. The van der Waals surface area contributed by atoms with E-state index in [0.717, 1.165) is 0 Å². The van der Waals surface area contributed by atoms with Gasteiger partial charge in [0, 0.05) is 0 Å². The molecule has 0 spiro atoms. The van der Waals surface area contributed by atoms with E-state index in [4.69, 9.17) is 0 Å². The summed E-state index contributed by atoms with van der Waals surface area (Å²) in [5.74, 6) is 1.75. The van der Waals surface area contributed by atoms with E-state index in [1.165, 1.54) is 75.1 Å². The van der Waals surface area contributed by atoms with Crippen LogP contribution in [0.25, 0.3) is 34.4 Å². The molecule has 0 nitrogen and oxygen atoms in total. The van der Waals surface area contributed by atoms with Gasteiger partial charge in [0.05, 0.1) is 0 Å². The van der Waals surface area contributed by atoms with Crippen LogP contribution in [0.5, 0.6) is 0 Å². The number of hydrogen-bond donors (Lipinski definition) is 0. The molecule has 6 aromatic rings. The molecule has 2 aliphatic carbocycles. The smallest absolute Gasteiger partial charge is 1.00 e. The number of hydrogen-bond acceptors (Lipinski definition) is 2. The van der Waals surface area contributed by atoms with Gasteiger partial charge in [-0.2, -0.15) is 0 Å². The molecule has 256 valence electrons. The van der Waals surface area contributed by atoms with Crippen molar-refractivity contribution in [1.82, 2.24) is 0 Å². The zero-order chi connectivity index (χ0) is 33.8. The molecule has 2 heterocycles. The van der Waals surface area contributed by atoms with Gasteiger partial charge < -0.3 is 24.8 Å². The molecule has 2 aromatic heterocycles. The van der Waals surface area contributed by atoms with Gasteiger partial charge in [0.2, 0.25) is 0 Å². The third-order valence-corrected chi connectivity index (χ3v) is 16.0. The fourth-order valence-corrected chi connectivity index (χ4v) is 14.3. The Kier molecular flexibility index (Phi) is 11.7. The zero-order valence-electron chi connectivity index (χ0n) is 29.9. The summed E-state index contributed by atoms with van der Waals surface area (Å²) in [5.41, 5.74) is 14.0. The van der Waals surface area contributed by atoms with Crippen LogP contribution in [0.4, 0.5) is 0 Å². The quantitative estimate of drug-likeness (QED) is 0.147. The maximum atomic E-state index is 2.62. The van der Waals surface area contributed by atoms with Gasteiger partial charge in [-0.25, -0.2) is 0 Å². The predicted molar refractivity (Wildman–Crippen MR) is 210 cm³/mol. The van der Waals surface area contributed by atoms with E-state index >= 15 is 0 Å². The Morgan fingerprint density at radius 2 is 0.882 bits per heavy atom. The summed E-state index contributed by atoms with van der Waals surface area (Å²) >= 11 is 2.74. The average molecular weight is 821 g/mol. The fraction of sp³-hybridized carbons (Fsp3) is 0.217. The molecular formula is C46H42Cl2S2Zr. The molecule has 2 unspecified atom stereocenters. The second-order valence-electron chi connectivity index (χ2n) is 14.3. The Morgan fingerprint density at radius 1 is 0.490 bits per heavy atom. The summed E-state index contributed by atoms with van der Waals surface area (Å²) in [6.45, 7) is 13.6. The first-order valence-electron chi connectivity index (χ1n) is 17.5. The standard InChI is InChI=1S/2C23H21S.2ClH.Zr/c2*1-15(2)17-8-10-18(11-9-17)19-5-4-6-20-21(19)12-13-22(20)23-14-7-16(3)24-23;;;/h2*4-12,14-15,22H,1-3H3;2*1H;/q;;;;+2/p-2. The third kappa shape index (κ3) is 7.27. The predicted octanol–water partition coefficient (Wildman–Crippen LogP) is 7.77. The second kappa shape index (κ2) is 15.7. The van der Waals surface area contributed by atoms with E-state index in [1.807, 2.05) is 22.7 Å². The van der Waals surface area contributed by atoms with Gasteiger partial charge in [0.25, 0.3) is 0 Å². The Balaban J connectivity index is 0.00000224. The van der Waals surface area contributed by atoms with E-state index in [-0.39, 0.29) is 24.8 Å². The number of aryl methyl sites for hydroxylation is 2. The molecule has 0 bridgehead atoms. The van der Waals surface area contributed by atoms with Crippen molar-refractivity contribution in [3.8, 4) is 22.3 Å². The van der Waals surface area contributed by atoms with E-state index < -0.39 is 23.2 Å². The number of halogens is 2. The van der Waals surface area contributed by atoms with Gasteiger partial charge in [-0.05, 0) is 0 Å². The molecule has 2 aliphatic rings. The molecule has 51 heavy (non-hydrogen) atoms. The van der Waals surface area contributed by atoms with Crippen molar-refractivity contribution in [3.63, 3.8) is 0 Å². The number of allylic oxidation sites excluding steroid dienone is 2. The van der Waals surface area contributed by atoms with Crippen molar-refractivity contribution in [3.05, 3.63) is 169 Å². The zero-order valence-corrected chi connectivity index (χ0v) is 35.5. The van der Waals surface area contributed by atoms with Crippen molar-refractivity contribution in [2.24, 2.45) is 0 Å². The Labute approximate surface area is 336 Å². The van der Waals surface area contributed by atoms with Crippen molar-refractivity contribution in [2.75, 3.05) is 0 Å². The summed E-state index contributed by atoms with van der Waals surface area (Å²) in [6.07, 6.45) is 5.25. The second-order valence-corrected chi connectivity index (χ2v) is 20.3. The Bertz CT molecular complexity index is 2070. The van der Waals surface area contributed by atoms with Crippen LogP contribution in [0.1, 0.15) is 104 Å². The number of rotatable bonds is 8. The van der Waals surface area contributed by atoms with Crippen molar-refractivity contribution < 1.29 is 48.0 Å². The molecule has 0 amide bonds. The van der Waals surface area contributed by atoms with Crippen LogP contribution in [0, 0.1) is 13.8 Å². The minimum absolute atomic E-state index is 0. The van der Waals surface area contributed by atoms with Crippen LogP contribution in [0.2, 0.25) is 0 Å². The van der Waals surface area contributed by atoms with Gasteiger partial charge in [-0.1, -0.05) is 0 Å². The van der Waals surface area contributed by atoms with Gasteiger partial charge in [0.1, 0.15) is 0 Å². The molecule has 0 fully saturated rings. The summed E-state index contributed by atoms with van der Waals surface area (Å²) in [7, 11) is 0. The van der Waals surface area contributed by atoms with Gasteiger partial charge in [0.15, 0.2) is 0 Å². The molecule has 5 heteroatoms. The minimum atomic E-state index is -1.21. The molecule has 4 aromatic carbocycles. The Morgan fingerprint density at radius 3 is 1.22 bits per heavy atom. The summed E-state index contributed by atoms with van der Waals surface area (Å²) in [6, 6.07) is 42.1. The van der Waals surface area contributed by atoms with E-state index in [9.17, 15) is 0 Å². The SMILES string of the molecule is Cc1ccc(C2[C]([Zr+2][C]3=Cc4c(-c5ccc(C(C)C)cc5)cccc4C3c3ccc(C)s3)=Cc3c(-c4ccc(C(C)C)cc4)cccc32)s1.[Cl-].[Cl-]. The van der Waals surface area contributed by atoms with Crippen LogP contribution < -0.4 is 24.8 Å². The van der Waals surface area contributed by atoms with E-state index in [1.54, 1.807) is 6.56 Å². The fourth-order valence-electron chi connectivity index (χ4n) is 7.62. The number of benzene rings is 4. The van der Waals surface area contributed by atoms with E-state index in [0.29, 0.717) is 23.7 Å². The topological polar surface area (TPSA) is 0 Å². The van der Waals surface area contributed by atoms with Gasteiger partial charge in [-0.3, -0.25) is 0 Å². The molecule has 0 radical (unpaired) electrons. The molecule has 0 N–H and O–H groups in total. The average Bonchev–Trinajstić information content (AvgIpc) is 3.89. The van der Waals surface area contributed by atoms with Crippen LogP contribution >= 0.6 is 22.7 Å². The monoisotopic (exact) mass is 818 g/mol. The van der Waals surface area contributed by atoms with Gasteiger partial charge >= 0.3 is 314 Å². The number of fused-ring (bicyclic) bond motifs is 2. The first-order chi connectivity index (χ1) is 23.7. The summed E-state index contributed by atoms with van der Waals surface area (Å²) in [4.78, 5) is 5.75. The maximum absolute atomic E-state index is 2.62. The summed E-state index contributed by atoms with van der Waals surface area (Å²) < 4.78 is 3.35. The molecule has 0 saturated heterocycles. The first-order valence-corrected chi connectivity index (χ1v) is 21.6. The molecule has 2 atom stereocenters. The van der Waals surface area contributed by atoms with Crippen LogP contribution in [0.15, 0.2) is 116 Å². The molecular weight excluding hydrogens is 779 g/mol. The molecule has 0 aliphatic heterocycles. The molecule has 8 rings (SSSR count). The van der Waals surface area contributed by atoms with Crippen molar-refractivity contribution in [1.29, 1.82) is 0 Å². The summed E-state index contributed by atoms with van der Waals surface area (Å²) in [5, 5.41) is 0. The van der Waals surface area contributed by atoms with Crippen LogP contribution in [-0.4, -0.2) is 0 Å². The van der Waals surface area contributed by atoms with E-state index in [2.05, 4.69) is 163 Å². The molecule has 0 saturated carbocycles. The third-order valence-electron chi connectivity index (χ3n) is 10.3. The maximum Gasteiger partial charge on any atom is -1.00 e. The first kappa shape index (κ1) is 38.0. The van der Waals surface area contributed by atoms with Gasteiger partial charge in [-0.15, -0.1) is 0 Å².